The molecule has 2 aliphatic rings. The Kier molecular flexibility index (Phi) is 11.4. The number of rotatable bonds is 8. The highest BCUT2D eigenvalue weighted by atomic mass is 127. The Morgan fingerprint density at radius 1 is 1.13 bits per heavy atom. The number of aliphatic hydroxyl groups is 1. The van der Waals surface area contributed by atoms with Crippen molar-refractivity contribution < 1.29 is 5.11 Å². The van der Waals surface area contributed by atoms with E-state index >= 15 is 0 Å². The van der Waals surface area contributed by atoms with Gasteiger partial charge in [0.25, 0.3) is 0 Å². The molecule has 30 heavy (non-hydrogen) atoms. The van der Waals surface area contributed by atoms with Gasteiger partial charge in [0.15, 0.2) is 5.96 Å². The van der Waals surface area contributed by atoms with Gasteiger partial charge in [-0.05, 0) is 50.3 Å². The number of β-amino-alcohol motifs (C(OH)–C–C–N with tert-alkyl or cyclic N) is 1. The molecule has 1 aromatic carbocycles. The summed E-state index contributed by atoms with van der Waals surface area (Å²) >= 11 is 0. The maximum absolute atomic E-state index is 10.6. The maximum atomic E-state index is 10.6. The van der Waals surface area contributed by atoms with Crippen LogP contribution in [0.3, 0.4) is 0 Å². The summed E-state index contributed by atoms with van der Waals surface area (Å²) in [5.74, 6) is 0.837. The third-order valence-electron chi connectivity index (χ3n) is 5.95. The highest BCUT2D eigenvalue weighted by molar-refractivity contribution is 14.0. The molecule has 1 fully saturated rings. The fourth-order valence-corrected chi connectivity index (χ4v) is 4.39. The average Bonchev–Trinajstić information content (AvgIpc) is 2.74. The van der Waals surface area contributed by atoms with Gasteiger partial charge in [-0.2, -0.15) is 0 Å². The number of hydrogen-bond donors (Lipinski definition) is 3. The first-order valence-corrected chi connectivity index (χ1v) is 11.4. The lowest BCUT2D eigenvalue weighted by molar-refractivity contribution is 0.111. The van der Waals surface area contributed by atoms with Crippen molar-refractivity contribution in [1.29, 1.82) is 0 Å². The molecule has 170 valence electrons. The Labute approximate surface area is 199 Å². The normalized spacial score (nSPS) is 19.6. The third kappa shape index (κ3) is 7.98. The van der Waals surface area contributed by atoms with E-state index in [1.165, 1.54) is 24.1 Å². The summed E-state index contributed by atoms with van der Waals surface area (Å²) in [6, 6.07) is 9.10. The number of halogens is 1. The van der Waals surface area contributed by atoms with Gasteiger partial charge in [0.05, 0.1) is 12.6 Å². The molecule has 0 aliphatic carbocycles. The number of aliphatic imine (C=N–C) groups is 1. The van der Waals surface area contributed by atoms with E-state index in [1.807, 2.05) is 0 Å². The largest absolute Gasteiger partial charge is 0.390 e. The lowest BCUT2D eigenvalue weighted by Crippen LogP contribution is -2.49. The summed E-state index contributed by atoms with van der Waals surface area (Å²) in [6.45, 7) is 11.7. The van der Waals surface area contributed by atoms with E-state index in [-0.39, 0.29) is 24.0 Å². The highest BCUT2D eigenvalue weighted by Gasteiger charge is 2.20. The fraction of sp³-hybridized carbons (Fsp3) is 0.696. The van der Waals surface area contributed by atoms with Crippen molar-refractivity contribution in [1.82, 2.24) is 20.4 Å². The lowest BCUT2D eigenvalue weighted by Gasteiger charge is -2.33. The number of benzene rings is 1. The Morgan fingerprint density at radius 3 is 2.57 bits per heavy atom. The Balaban J connectivity index is 0.00000320. The van der Waals surface area contributed by atoms with Crippen LogP contribution in [0, 0.1) is 0 Å². The van der Waals surface area contributed by atoms with Crippen LogP contribution in [0.1, 0.15) is 44.2 Å². The van der Waals surface area contributed by atoms with Gasteiger partial charge in [-0.3, -0.25) is 9.89 Å². The summed E-state index contributed by atoms with van der Waals surface area (Å²) in [4.78, 5) is 9.56. The quantitative estimate of drug-likeness (QED) is 0.275. The van der Waals surface area contributed by atoms with Crippen LogP contribution in [-0.4, -0.2) is 78.8 Å². The molecule has 7 heteroatoms. The van der Waals surface area contributed by atoms with Crippen LogP contribution in [0.4, 0.5) is 0 Å². The first kappa shape index (κ1) is 25.4. The molecule has 0 spiro atoms. The van der Waals surface area contributed by atoms with Crippen LogP contribution >= 0.6 is 24.0 Å². The summed E-state index contributed by atoms with van der Waals surface area (Å²) in [7, 11) is 0. The van der Waals surface area contributed by atoms with Crippen LogP contribution in [-0.2, 0) is 13.0 Å². The van der Waals surface area contributed by atoms with Crippen molar-refractivity contribution in [2.45, 2.75) is 58.2 Å². The zero-order valence-electron chi connectivity index (χ0n) is 18.6. The topological polar surface area (TPSA) is 63.1 Å². The van der Waals surface area contributed by atoms with Crippen LogP contribution in [0.2, 0.25) is 0 Å². The van der Waals surface area contributed by atoms with Crippen molar-refractivity contribution in [3.05, 3.63) is 35.4 Å². The Bertz CT molecular complexity index is 648. The molecule has 2 aliphatic heterocycles. The van der Waals surface area contributed by atoms with Gasteiger partial charge in [-0.1, -0.05) is 31.2 Å². The minimum Gasteiger partial charge on any atom is -0.390 e. The molecule has 0 bridgehead atoms. The highest BCUT2D eigenvalue weighted by Crippen LogP contribution is 2.18. The van der Waals surface area contributed by atoms with Crippen molar-refractivity contribution in [3.8, 4) is 0 Å². The number of nitrogens with zero attached hydrogens (tertiary/aromatic N) is 3. The van der Waals surface area contributed by atoms with E-state index in [2.05, 4.69) is 63.5 Å². The Morgan fingerprint density at radius 2 is 1.87 bits per heavy atom. The molecule has 1 saturated heterocycles. The molecule has 1 unspecified atom stereocenters. The average molecular weight is 530 g/mol. The minimum atomic E-state index is -0.442. The number of hydrogen-bond acceptors (Lipinski definition) is 4. The first-order chi connectivity index (χ1) is 14.2. The molecule has 1 atom stereocenters. The molecule has 1 aromatic rings. The number of nitrogens with one attached hydrogen (secondary N) is 2. The second kappa shape index (κ2) is 13.5. The van der Waals surface area contributed by atoms with Gasteiger partial charge in [0, 0.05) is 45.3 Å². The molecule has 3 N–H and O–H groups in total. The zero-order chi connectivity index (χ0) is 20.5. The summed E-state index contributed by atoms with van der Waals surface area (Å²) in [6.07, 6.45) is 4.15. The SMILES string of the molecule is CCCN1CCC(NC(=NCC(O)CN2CCc3ccccc3C2)NCC)CC1.I. The molecule has 6 nitrogen and oxygen atoms in total. The Hall–Kier alpha value is -0.900. The molecule has 0 saturated carbocycles. The van der Waals surface area contributed by atoms with E-state index < -0.39 is 6.10 Å². The zero-order valence-corrected chi connectivity index (χ0v) is 21.0. The molecule has 0 radical (unpaired) electrons. The van der Waals surface area contributed by atoms with Gasteiger partial charge in [-0.15, -0.1) is 24.0 Å². The van der Waals surface area contributed by atoms with Crippen LogP contribution in [0.25, 0.3) is 0 Å². The van der Waals surface area contributed by atoms with Crippen LogP contribution in [0.5, 0.6) is 0 Å². The lowest BCUT2D eigenvalue weighted by atomic mass is 10.00. The van der Waals surface area contributed by atoms with Crippen LogP contribution in [0.15, 0.2) is 29.3 Å². The molecule has 3 rings (SSSR count). The summed E-state index contributed by atoms with van der Waals surface area (Å²) in [5.41, 5.74) is 2.83. The monoisotopic (exact) mass is 529 g/mol. The fourth-order valence-electron chi connectivity index (χ4n) is 4.39. The van der Waals surface area contributed by atoms with E-state index in [4.69, 9.17) is 0 Å². The van der Waals surface area contributed by atoms with Gasteiger partial charge in [0.2, 0.25) is 0 Å². The van der Waals surface area contributed by atoms with E-state index in [0.29, 0.717) is 19.1 Å². The molecular formula is C23H40IN5O. The third-order valence-corrected chi connectivity index (χ3v) is 5.95. The van der Waals surface area contributed by atoms with Crippen molar-refractivity contribution >= 4 is 29.9 Å². The molecule has 0 amide bonds. The van der Waals surface area contributed by atoms with Gasteiger partial charge < -0.3 is 20.6 Å². The second-order valence-corrected chi connectivity index (χ2v) is 8.39. The molecular weight excluding hydrogens is 489 g/mol. The number of fused-ring (bicyclic) bond motifs is 1. The summed E-state index contributed by atoms with van der Waals surface area (Å²) < 4.78 is 0. The van der Waals surface area contributed by atoms with E-state index in [0.717, 1.165) is 57.9 Å². The number of aliphatic hydroxyl groups excluding tert-OH is 1. The van der Waals surface area contributed by atoms with Gasteiger partial charge in [0.1, 0.15) is 0 Å². The van der Waals surface area contributed by atoms with Crippen LogP contribution < -0.4 is 10.6 Å². The smallest absolute Gasteiger partial charge is 0.191 e. The standard InChI is InChI=1S/C23H39N5O.HI/c1-3-12-27-14-10-21(11-15-27)26-23(24-4-2)25-16-22(29)18-28-13-9-19-7-5-6-8-20(19)17-28;/h5-8,21-22,29H,3-4,9-18H2,1-2H3,(H2,24,25,26);1H. The van der Waals surface area contributed by atoms with Crippen molar-refractivity contribution in [3.63, 3.8) is 0 Å². The summed E-state index contributed by atoms with van der Waals surface area (Å²) in [5, 5.41) is 17.5. The van der Waals surface area contributed by atoms with E-state index in [1.54, 1.807) is 0 Å². The second-order valence-electron chi connectivity index (χ2n) is 8.39. The first-order valence-electron chi connectivity index (χ1n) is 11.4. The number of guanidine groups is 1. The number of piperidine rings is 1. The predicted molar refractivity (Wildman–Crippen MR) is 136 cm³/mol. The minimum absolute atomic E-state index is 0. The van der Waals surface area contributed by atoms with E-state index in [9.17, 15) is 5.11 Å². The number of likely N-dealkylation sites (tertiary alicyclic amines) is 1. The van der Waals surface area contributed by atoms with Crippen molar-refractivity contribution in [2.75, 3.05) is 45.8 Å². The van der Waals surface area contributed by atoms with Crippen molar-refractivity contribution in [2.24, 2.45) is 4.99 Å². The maximum Gasteiger partial charge on any atom is 0.191 e. The predicted octanol–water partition coefficient (Wildman–Crippen LogP) is 2.45. The molecule has 2 heterocycles. The van der Waals surface area contributed by atoms with Gasteiger partial charge >= 0.3 is 0 Å². The van der Waals surface area contributed by atoms with Gasteiger partial charge in [-0.25, -0.2) is 0 Å². The molecule has 0 aromatic heterocycles.